The molecule has 0 unspecified atom stereocenters. The summed E-state index contributed by atoms with van der Waals surface area (Å²) in [6, 6.07) is 7.50. The van der Waals surface area contributed by atoms with Crippen molar-refractivity contribution in [1.29, 1.82) is 0 Å². The second-order valence-electron chi connectivity index (χ2n) is 10.1. The maximum absolute atomic E-state index is 15.2. The first-order chi connectivity index (χ1) is 18.2. The lowest BCUT2D eigenvalue weighted by molar-refractivity contribution is 0.0694. The van der Waals surface area contributed by atoms with Crippen LogP contribution in [0.1, 0.15) is 36.2 Å². The number of hydrogen-bond acceptors (Lipinski definition) is 6. The predicted octanol–water partition coefficient (Wildman–Crippen LogP) is 3.98. The second kappa shape index (κ2) is 9.00. The van der Waals surface area contributed by atoms with E-state index in [-0.39, 0.29) is 23.1 Å². The van der Waals surface area contributed by atoms with E-state index in [4.69, 9.17) is 4.74 Å². The maximum Gasteiger partial charge on any atom is 0.414 e. The van der Waals surface area contributed by atoms with Crippen molar-refractivity contribution in [2.75, 3.05) is 47.4 Å². The monoisotopic (exact) mass is 524 g/mol. The smallest absolute Gasteiger partial charge is 0.414 e. The Balaban J connectivity index is 1.24. The minimum atomic E-state index is -1.33. The molecule has 38 heavy (non-hydrogen) atoms. The van der Waals surface area contributed by atoms with Crippen molar-refractivity contribution >= 4 is 40.0 Å². The van der Waals surface area contributed by atoms with E-state index in [1.807, 2.05) is 9.80 Å². The Hall–Kier alpha value is -4.15. The van der Waals surface area contributed by atoms with E-state index in [9.17, 15) is 19.5 Å². The number of halogens is 2. The number of anilines is 3. The Kier molecular flexibility index (Phi) is 5.73. The second-order valence-corrected chi connectivity index (χ2v) is 10.1. The third kappa shape index (κ3) is 4.11. The van der Waals surface area contributed by atoms with E-state index in [0.717, 1.165) is 18.9 Å². The number of aromatic nitrogens is 1. The molecule has 3 aliphatic rings. The third-order valence-corrected chi connectivity index (χ3v) is 7.44. The minimum Gasteiger partial charge on any atom is -0.477 e. The largest absolute Gasteiger partial charge is 0.477 e. The molecular weight excluding hydrogens is 498 g/mol. The van der Waals surface area contributed by atoms with Gasteiger partial charge in [-0.1, -0.05) is 0 Å². The van der Waals surface area contributed by atoms with Crippen molar-refractivity contribution in [2.45, 2.75) is 31.9 Å². The number of carbonyl (C=O) groups excluding carboxylic acids is 1. The lowest BCUT2D eigenvalue weighted by Crippen LogP contribution is -2.47. The van der Waals surface area contributed by atoms with Crippen LogP contribution >= 0.6 is 0 Å². The van der Waals surface area contributed by atoms with Crippen LogP contribution in [-0.4, -0.2) is 60.6 Å². The van der Waals surface area contributed by atoms with Crippen molar-refractivity contribution in [3.8, 4) is 0 Å². The molecular formula is C27H26F2N4O5. The van der Waals surface area contributed by atoms with Crippen LogP contribution in [0.3, 0.4) is 0 Å². The molecule has 1 saturated carbocycles. The molecule has 0 radical (unpaired) electrons. The number of hydrogen-bond donors (Lipinski definition) is 1. The zero-order valence-electron chi connectivity index (χ0n) is 20.7. The highest BCUT2D eigenvalue weighted by molar-refractivity contribution is 5.94. The average Bonchev–Trinajstić information content (AvgIpc) is 3.67. The van der Waals surface area contributed by atoms with Crippen molar-refractivity contribution in [2.24, 2.45) is 0 Å². The van der Waals surface area contributed by atoms with Gasteiger partial charge in [-0.3, -0.25) is 9.69 Å². The number of aromatic carboxylic acids is 1. The number of rotatable bonds is 5. The first kappa shape index (κ1) is 24.2. The number of ether oxygens (including phenoxy) is 1. The molecule has 1 amide bonds. The zero-order valence-corrected chi connectivity index (χ0v) is 20.7. The number of carboxylic acid groups (broad SMARTS) is 1. The fourth-order valence-corrected chi connectivity index (χ4v) is 5.33. The molecule has 198 valence electrons. The lowest BCUT2D eigenvalue weighted by Gasteiger charge is -2.37. The highest BCUT2D eigenvalue weighted by Crippen LogP contribution is 2.38. The van der Waals surface area contributed by atoms with Crippen molar-refractivity contribution < 1.29 is 28.2 Å². The van der Waals surface area contributed by atoms with E-state index in [2.05, 4.69) is 0 Å². The number of piperazine rings is 1. The molecule has 1 aromatic heterocycles. The van der Waals surface area contributed by atoms with E-state index >= 15 is 8.78 Å². The van der Waals surface area contributed by atoms with E-state index in [1.54, 1.807) is 29.7 Å². The molecule has 1 atom stereocenters. The summed E-state index contributed by atoms with van der Waals surface area (Å²) in [6.45, 7) is 3.84. The molecule has 3 aromatic rings. The van der Waals surface area contributed by atoms with Crippen LogP contribution in [0.5, 0.6) is 0 Å². The Morgan fingerprint density at radius 2 is 1.63 bits per heavy atom. The van der Waals surface area contributed by atoms with Crippen molar-refractivity contribution in [3.63, 3.8) is 0 Å². The van der Waals surface area contributed by atoms with Gasteiger partial charge in [0, 0.05) is 43.8 Å². The van der Waals surface area contributed by atoms with E-state index in [1.165, 1.54) is 17.2 Å². The molecule has 11 heteroatoms. The molecule has 2 saturated heterocycles. The fraction of sp³-hybridized carbons (Fsp3) is 0.370. The topological polar surface area (TPSA) is 95.3 Å². The number of nitrogens with zero attached hydrogens (tertiary/aromatic N) is 4. The number of carboxylic acids is 1. The fourth-order valence-electron chi connectivity index (χ4n) is 5.33. The van der Waals surface area contributed by atoms with Gasteiger partial charge >= 0.3 is 12.1 Å². The van der Waals surface area contributed by atoms with Gasteiger partial charge in [0.15, 0.2) is 0 Å². The summed E-state index contributed by atoms with van der Waals surface area (Å²) >= 11 is 0. The summed E-state index contributed by atoms with van der Waals surface area (Å²) in [7, 11) is 0. The molecule has 2 aromatic carbocycles. The van der Waals surface area contributed by atoms with Gasteiger partial charge in [-0.25, -0.2) is 18.4 Å². The highest BCUT2D eigenvalue weighted by Gasteiger charge is 2.31. The van der Waals surface area contributed by atoms with Crippen LogP contribution in [0.4, 0.5) is 30.6 Å². The van der Waals surface area contributed by atoms with Gasteiger partial charge in [0.2, 0.25) is 5.43 Å². The molecule has 1 N–H and O–H groups in total. The number of benzene rings is 2. The van der Waals surface area contributed by atoms with Crippen molar-refractivity contribution in [3.05, 3.63) is 63.9 Å². The number of carbonyl (C=O) groups is 2. The van der Waals surface area contributed by atoms with E-state index < -0.39 is 29.1 Å². The summed E-state index contributed by atoms with van der Waals surface area (Å²) in [5.41, 5.74) is 0.607. The average molecular weight is 525 g/mol. The van der Waals surface area contributed by atoms with Crippen molar-refractivity contribution in [1.82, 2.24) is 4.57 Å². The van der Waals surface area contributed by atoms with Gasteiger partial charge in [0.1, 0.15) is 23.3 Å². The van der Waals surface area contributed by atoms with Gasteiger partial charge in [0.25, 0.3) is 0 Å². The molecule has 1 aliphatic carbocycles. The summed E-state index contributed by atoms with van der Waals surface area (Å²) < 4.78 is 37.2. The molecule has 6 rings (SSSR count). The Labute approximate surface area is 216 Å². The van der Waals surface area contributed by atoms with Crippen LogP contribution in [0, 0.1) is 11.6 Å². The SMILES string of the molecule is C[C@H]1CN(c2ccc(N3CCN(c4cc5c(cc4F)c(=O)c(C(=O)O)cn5C4CC4)CC3)c(F)c2)C(=O)O1. The molecule has 3 heterocycles. The highest BCUT2D eigenvalue weighted by atomic mass is 19.1. The Morgan fingerprint density at radius 1 is 0.974 bits per heavy atom. The third-order valence-electron chi connectivity index (χ3n) is 7.44. The number of amides is 1. The number of pyridine rings is 1. The zero-order chi connectivity index (χ0) is 26.7. The van der Waals surface area contributed by atoms with Crippen LogP contribution < -0.4 is 20.1 Å². The minimum absolute atomic E-state index is 0.0510. The molecule has 3 fully saturated rings. The molecule has 0 bridgehead atoms. The first-order valence-electron chi connectivity index (χ1n) is 12.6. The predicted molar refractivity (Wildman–Crippen MR) is 138 cm³/mol. The summed E-state index contributed by atoms with van der Waals surface area (Å²) in [5, 5.41) is 9.49. The standard InChI is InChI=1S/C27H26F2N4O5/c1-15-13-33(27(37)38-15)17-4-5-22(20(28)10-17)30-6-8-31(9-7-30)24-12-23-18(11-21(24)29)25(34)19(26(35)36)14-32(23)16-2-3-16/h4-5,10-12,14-16H,2-3,6-9,13H2,1H3,(H,35,36)/t15-/m0/s1. The summed E-state index contributed by atoms with van der Waals surface area (Å²) in [6.07, 6.45) is 2.34. The Bertz CT molecular complexity index is 1530. The molecule has 9 nitrogen and oxygen atoms in total. The lowest BCUT2D eigenvalue weighted by atomic mass is 10.1. The quantitative estimate of drug-likeness (QED) is 0.540. The number of fused-ring (bicyclic) bond motifs is 1. The van der Waals surface area contributed by atoms with Gasteiger partial charge in [0.05, 0.1) is 29.1 Å². The normalized spacial score (nSPS) is 19.8. The summed E-state index contributed by atoms with van der Waals surface area (Å²) in [5.74, 6) is -2.39. The van der Waals surface area contributed by atoms with Gasteiger partial charge in [-0.15, -0.1) is 0 Å². The Morgan fingerprint density at radius 3 is 2.21 bits per heavy atom. The van der Waals surface area contributed by atoms with Crippen LogP contribution in [0.15, 0.2) is 41.3 Å². The summed E-state index contributed by atoms with van der Waals surface area (Å²) in [4.78, 5) is 41.4. The molecule has 2 aliphatic heterocycles. The first-order valence-corrected chi connectivity index (χ1v) is 12.6. The van der Waals surface area contributed by atoms with Crippen LogP contribution in [0.25, 0.3) is 10.9 Å². The van der Waals surface area contributed by atoms with E-state index in [0.29, 0.717) is 55.3 Å². The van der Waals surface area contributed by atoms with Crippen LogP contribution in [-0.2, 0) is 4.74 Å². The van der Waals surface area contributed by atoms with Gasteiger partial charge < -0.3 is 24.2 Å². The van der Waals surface area contributed by atoms with Gasteiger partial charge in [-0.05, 0) is 50.1 Å². The molecule has 0 spiro atoms. The number of cyclic esters (lactones) is 1. The van der Waals surface area contributed by atoms with Gasteiger partial charge in [-0.2, -0.15) is 0 Å². The van der Waals surface area contributed by atoms with Crippen LogP contribution in [0.2, 0.25) is 0 Å². The maximum atomic E-state index is 15.2.